The number of amides is 2. The molecule has 1 atom stereocenters. The number of unbranched alkanes of at least 4 members (excludes halogenated alkanes) is 1. The summed E-state index contributed by atoms with van der Waals surface area (Å²) in [6.45, 7) is 4.67. The first-order valence-electron chi connectivity index (χ1n) is 13.4. The first-order chi connectivity index (χ1) is 20.1. The first kappa shape index (κ1) is 34.4. The van der Waals surface area contributed by atoms with Crippen molar-refractivity contribution < 1.29 is 31.2 Å². The van der Waals surface area contributed by atoms with E-state index in [1.54, 1.807) is 31.2 Å². The molecule has 0 fully saturated rings. The molecule has 0 aromatic heterocycles. The van der Waals surface area contributed by atoms with Crippen LogP contribution in [-0.2, 0) is 32.3 Å². The Morgan fingerprint density at radius 1 is 1.05 bits per heavy atom. The highest BCUT2D eigenvalue weighted by Crippen LogP contribution is 2.38. The number of nitrogens with one attached hydrogen (secondary N) is 1. The molecular formula is C30H32BrClF3N3O4S. The summed E-state index contributed by atoms with van der Waals surface area (Å²) in [7, 11) is -4.55. The lowest BCUT2D eigenvalue weighted by Crippen LogP contribution is -2.51. The molecule has 2 amide bonds. The zero-order valence-electron chi connectivity index (χ0n) is 23.8. The molecule has 0 heterocycles. The summed E-state index contributed by atoms with van der Waals surface area (Å²) in [6, 6.07) is 14.3. The third-order valence-corrected chi connectivity index (χ3v) is 9.28. The molecule has 0 aliphatic heterocycles. The number of anilines is 1. The SMILES string of the molecule is CCCCNC(=O)[C@H](C)N(Cc1cccc(Br)c1)C(=O)CN(c1ccc(Cl)c(C(F)(F)F)c1)S(=O)(=O)c1ccc(C)cc1. The molecule has 0 bridgehead atoms. The molecule has 43 heavy (non-hydrogen) atoms. The number of nitrogens with zero attached hydrogens (tertiary/aromatic N) is 2. The second-order valence-corrected chi connectivity index (χ2v) is 13.1. The normalized spacial score (nSPS) is 12.5. The third-order valence-electron chi connectivity index (χ3n) is 6.67. The Labute approximate surface area is 263 Å². The number of carbonyl (C=O) groups excluding carboxylic acids is 2. The summed E-state index contributed by atoms with van der Waals surface area (Å²) < 4.78 is 70.4. The van der Waals surface area contributed by atoms with E-state index >= 15 is 0 Å². The van der Waals surface area contributed by atoms with Crippen LogP contribution in [0.3, 0.4) is 0 Å². The summed E-state index contributed by atoms with van der Waals surface area (Å²) >= 11 is 9.19. The van der Waals surface area contributed by atoms with Crippen molar-refractivity contribution in [2.75, 3.05) is 17.4 Å². The molecular weight excluding hydrogens is 671 g/mol. The van der Waals surface area contributed by atoms with Crippen LogP contribution in [0.1, 0.15) is 43.4 Å². The molecule has 13 heteroatoms. The minimum Gasteiger partial charge on any atom is -0.354 e. The van der Waals surface area contributed by atoms with Crippen LogP contribution in [0.4, 0.5) is 18.9 Å². The maximum absolute atomic E-state index is 14.0. The number of hydrogen-bond acceptors (Lipinski definition) is 4. The Morgan fingerprint density at radius 2 is 1.72 bits per heavy atom. The van der Waals surface area contributed by atoms with E-state index in [9.17, 15) is 31.2 Å². The Balaban J connectivity index is 2.10. The second-order valence-electron chi connectivity index (χ2n) is 9.96. The summed E-state index contributed by atoms with van der Waals surface area (Å²) in [5.41, 5.74) is -0.253. The van der Waals surface area contributed by atoms with Gasteiger partial charge in [-0.2, -0.15) is 13.2 Å². The van der Waals surface area contributed by atoms with E-state index in [0.717, 1.165) is 35.0 Å². The molecule has 3 aromatic carbocycles. The quantitative estimate of drug-likeness (QED) is 0.207. The van der Waals surface area contributed by atoms with E-state index in [4.69, 9.17) is 11.6 Å². The summed E-state index contributed by atoms with van der Waals surface area (Å²) in [5, 5.41) is 2.16. The van der Waals surface area contributed by atoms with Crippen LogP contribution in [-0.4, -0.2) is 44.3 Å². The van der Waals surface area contributed by atoms with E-state index < -0.39 is 56.9 Å². The molecule has 3 aromatic rings. The highest BCUT2D eigenvalue weighted by molar-refractivity contribution is 9.10. The zero-order chi connectivity index (χ0) is 31.9. The van der Waals surface area contributed by atoms with Gasteiger partial charge < -0.3 is 10.2 Å². The second kappa shape index (κ2) is 14.6. The number of alkyl halides is 3. The van der Waals surface area contributed by atoms with Crippen molar-refractivity contribution in [1.29, 1.82) is 0 Å². The molecule has 0 radical (unpaired) electrons. The van der Waals surface area contributed by atoms with Crippen LogP contribution >= 0.6 is 27.5 Å². The van der Waals surface area contributed by atoms with Gasteiger partial charge in [-0.3, -0.25) is 13.9 Å². The fraction of sp³-hybridized carbons (Fsp3) is 0.333. The van der Waals surface area contributed by atoms with Gasteiger partial charge in [0.25, 0.3) is 10.0 Å². The van der Waals surface area contributed by atoms with Crippen molar-refractivity contribution in [3.8, 4) is 0 Å². The third kappa shape index (κ3) is 8.96. The predicted octanol–water partition coefficient (Wildman–Crippen LogP) is 6.96. The van der Waals surface area contributed by atoms with E-state index in [1.165, 1.54) is 36.1 Å². The van der Waals surface area contributed by atoms with Gasteiger partial charge in [-0.05, 0) is 68.3 Å². The first-order valence-corrected chi connectivity index (χ1v) is 16.0. The molecule has 0 aliphatic rings. The van der Waals surface area contributed by atoms with E-state index in [-0.39, 0.29) is 11.4 Å². The monoisotopic (exact) mass is 701 g/mol. The van der Waals surface area contributed by atoms with Crippen molar-refractivity contribution in [1.82, 2.24) is 10.2 Å². The van der Waals surface area contributed by atoms with Gasteiger partial charge in [0.05, 0.1) is 21.2 Å². The van der Waals surface area contributed by atoms with Crippen molar-refractivity contribution in [3.05, 3.63) is 92.9 Å². The predicted molar refractivity (Wildman–Crippen MR) is 164 cm³/mol. The standard InChI is InChI=1S/C30H32BrClF3N3O4S/c1-4-5-15-36-29(40)21(3)37(18-22-7-6-8-23(31)16-22)28(39)19-38(43(41,42)25-12-9-20(2)10-13-25)24-11-14-27(32)26(17-24)30(33,34)35/h6-14,16-17,21H,4-5,15,18-19H2,1-3H3,(H,36,40)/t21-/m0/s1. The number of aryl methyl sites for hydroxylation is 1. The van der Waals surface area contributed by atoms with Gasteiger partial charge in [0.2, 0.25) is 11.8 Å². The van der Waals surface area contributed by atoms with Crippen LogP contribution in [0.15, 0.2) is 76.1 Å². The van der Waals surface area contributed by atoms with Gasteiger partial charge >= 0.3 is 6.18 Å². The van der Waals surface area contributed by atoms with Gasteiger partial charge in [-0.15, -0.1) is 0 Å². The van der Waals surface area contributed by atoms with Crippen LogP contribution in [0.25, 0.3) is 0 Å². The number of halogens is 5. The Morgan fingerprint density at radius 3 is 2.33 bits per heavy atom. The van der Waals surface area contributed by atoms with Crippen LogP contribution in [0.5, 0.6) is 0 Å². The van der Waals surface area contributed by atoms with Crippen molar-refractivity contribution in [3.63, 3.8) is 0 Å². The molecule has 0 spiro atoms. The van der Waals surface area contributed by atoms with Gasteiger partial charge in [0.15, 0.2) is 0 Å². The molecule has 7 nitrogen and oxygen atoms in total. The van der Waals surface area contributed by atoms with Crippen LogP contribution < -0.4 is 9.62 Å². The van der Waals surface area contributed by atoms with Gasteiger partial charge in [-0.1, -0.05) is 70.7 Å². The maximum Gasteiger partial charge on any atom is 0.417 e. The maximum atomic E-state index is 14.0. The molecule has 1 N–H and O–H groups in total. The van der Waals surface area contributed by atoms with Gasteiger partial charge in [-0.25, -0.2) is 8.42 Å². The molecule has 0 aliphatic carbocycles. The lowest BCUT2D eigenvalue weighted by atomic mass is 10.1. The Bertz CT molecular complexity index is 1550. The number of benzene rings is 3. The number of rotatable bonds is 12. The van der Waals surface area contributed by atoms with E-state index in [0.29, 0.717) is 22.5 Å². The Hall–Kier alpha value is -3.09. The summed E-state index contributed by atoms with van der Waals surface area (Å²) in [6.07, 6.45) is -3.32. The van der Waals surface area contributed by atoms with Crippen molar-refractivity contribution in [2.24, 2.45) is 0 Å². The summed E-state index contributed by atoms with van der Waals surface area (Å²) in [5.74, 6) is -1.24. The molecule has 3 rings (SSSR count). The van der Waals surface area contributed by atoms with E-state index in [2.05, 4.69) is 21.2 Å². The van der Waals surface area contributed by atoms with Gasteiger partial charge in [0, 0.05) is 17.6 Å². The minimum absolute atomic E-state index is 0.0620. The molecule has 0 unspecified atom stereocenters. The summed E-state index contributed by atoms with van der Waals surface area (Å²) in [4.78, 5) is 28.0. The smallest absolute Gasteiger partial charge is 0.354 e. The van der Waals surface area contributed by atoms with Crippen molar-refractivity contribution >= 4 is 55.1 Å². The Kier molecular flexibility index (Phi) is 11.7. The fourth-order valence-electron chi connectivity index (χ4n) is 4.20. The minimum atomic E-state index is -4.88. The van der Waals surface area contributed by atoms with Crippen LogP contribution in [0.2, 0.25) is 5.02 Å². The molecule has 0 saturated carbocycles. The number of sulfonamides is 1. The lowest BCUT2D eigenvalue weighted by Gasteiger charge is -2.32. The van der Waals surface area contributed by atoms with E-state index in [1.807, 2.05) is 6.92 Å². The zero-order valence-corrected chi connectivity index (χ0v) is 26.9. The highest BCUT2D eigenvalue weighted by Gasteiger charge is 2.37. The van der Waals surface area contributed by atoms with Crippen molar-refractivity contribution in [2.45, 2.75) is 57.3 Å². The van der Waals surface area contributed by atoms with Crippen LogP contribution in [0, 0.1) is 6.92 Å². The van der Waals surface area contributed by atoms with Gasteiger partial charge in [0.1, 0.15) is 12.6 Å². The topological polar surface area (TPSA) is 86.8 Å². The number of carbonyl (C=O) groups is 2. The molecule has 232 valence electrons. The lowest BCUT2D eigenvalue weighted by molar-refractivity contribution is -0.139. The average molecular weight is 703 g/mol. The molecule has 0 saturated heterocycles. The largest absolute Gasteiger partial charge is 0.417 e. The fourth-order valence-corrected chi connectivity index (χ4v) is 6.28. The number of hydrogen-bond donors (Lipinski definition) is 1. The highest BCUT2D eigenvalue weighted by atomic mass is 79.9. The average Bonchev–Trinajstić information content (AvgIpc) is 2.94.